The summed E-state index contributed by atoms with van der Waals surface area (Å²) in [5.41, 5.74) is 6.07. The molecular weight excluding hydrogens is 259 g/mol. The van der Waals surface area contributed by atoms with E-state index in [4.69, 9.17) is 10.5 Å². The predicted octanol–water partition coefficient (Wildman–Crippen LogP) is 1.87. The first kappa shape index (κ1) is 16.4. The van der Waals surface area contributed by atoms with Crippen molar-refractivity contribution in [3.63, 3.8) is 0 Å². The van der Waals surface area contributed by atoms with Gasteiger partial charge < -0.3 is 15.8 Å². The number of hydrogen-bond acceptors (Lipinski definition) is 3. The fourth-order valence-corrected chi connectivity index (χ4v) is 1.88. The molecule has 0 aliphatic rings. The lowest BCUT2D eigenvalue weighted by Crippen LogP contribution is -2.46. The molecule has 1 rings (SSSR count). The Morgan fingerprint density at radius 2 is 2.10 bits per heavy atom. The van der Waals surface area contributed by atoms with Crippen LogP contribution in [0.4, 0.5) is 4.39 Å². The zero-order chi connectivity index (χ0) is 15.3. The molecule has 0 bridgehead atoms. The van der Waals surface area contributed by atoms with Crippen LogP contribution in [0.5, 0.6) is 5.75 Å². The predicted molar refractivity (Wildman–Crippen MR) is 77.1 cm³/mol. The second-order valence-corrected chi connectivity index (χ2v) is 5.84. The molecule has 1 aromatic rings. The van der Waals surface area contributed by atoms with E-state index < -0.39 is 5.82 Å². The summed E-state index contributed by atoms with van der Waals surface area (Å²) in [7, 11) is 1.41. The minimum Gasteiger partial charge on any atom is -0.494 e. The van der Waals surface area contributed by atoms with Crippen molar-refractivity contribution in [1.82, 2.24) is 5.32 Å². The third-order valence-electron chi connectivity index (χ3n) is 2.85. The molecular formula is C15H23FN2O2. The number of carbonyl (C=O) groups excluding carboxylic acids is 1. The minimum absolute atomic E-state index is 0.115. The first-order chi connectivity index (χ1) is 9.26. The van der Waals surface area contributed by atoms with Gasteiger partial charge in [-0.2, -0.15) is 0 Å². The maximum atomic E-state index is 13.6. The highest BCUT2D eigenvalue weighted by Crippen LogP contribution is 2.19. The van der Waals surface area contributed by atoms with Crippen molar-refractivity contribution >= 4 is 5.91 Å². The summed E-state index contributed by atoms with van der Waals surface area (Å²) >= 11 is 0. The van der Waals surface area contributed by atoms with Crippen molar-refractivity contribution in [2.75, 3.05) is 13.7 Å². The molecule has 1 atom stereocenters. The van der Waals surface area contributed by atoms with Gasteiger partial charge in [0.05, 0.1) is 13.0 Å². The average molecular weight is 282 g/mol. The monoisotopic (exact) mass is 282 g/mol. The van der Waals surface area contributed by atoms with E-state index in [9.17, 15) is 9.18 Å². The highest BCUT2D eigenvalue weighted by atomic mass is 19.1. The van der Waals surface area contributed by atoms with E-state index in [1.54, 1.807) is 12.1 Å². The van der Waals surface area contributed by atoms with Crippen LogP contribution in [-0.2, 0) is 11.2 Å². The second kappa shape index (κ2) is 6.70. The molecule has 0 aromatic heterocycles. The van der Waals surface area contributed by atoms with Crippen LogP contribution in [0.25, 0.3) is 0 Å². The Hall–Kier alpha value is -1.62. The lowest BCUT2D eigenvalue weighted by Gasteiger charge is -2.24. The van der Waals surface area contributed by atoms with Crippen molar-refractivity contribution in [3.8, 4) is 5.75 Å². The Morgan fingerprint density at radius 3 is 2.55 bits per heavy atom. The average Bonchev–Trinajstić information content (AvgIpc) is 2.33. The molecule has 0 radical (unpaired) electrons. The van der Waals surface area contributed by atoms with Gasteiger partial charge in [0, 0.05) is 12.1 Å². The molecule has 20 heavy (non-hydrogen) atoms. The van der Waals surface area contributed by atoms with Gasteiger partial charge >= 0.3 is 0 Å². The number of methoxy groups -OCH3 is 1. The lowest BCUT2D eigenvalue weighted by atomic mass is 9.97. The number of ether oxygens (including phenoxy) is 1. The molecule has 0 saturated heterocycles. The summed E-state index contributed by atoms with van der Waals surface area (Å²) in [6.45, 7) is 5.94. The van der Waals surface area contributed by atoms with Gasteiger partial charge in [-0.1, -0.05) is 6.07 Å². The number of nitrogens with two attached hydrogens (primary N) is 1. The number of rotatable bonds is 5. The molecule has 3 N–H and O–H groups in total. The Balaban J connectivity index is 2.78. The maximum absolute atomic E-state index is 13.6. The van der Waals surface area contributed by atoms with Gasteiger partial charge in [0.2, 0.25) is 5.91 Å². The molecule has 0 fully saturated rings. The van der Waals surface area contributed by atoms with Crippen LogP contribution in [-0.4, -0.2) is 25.1 Å². The first-order valence-electron chi connectivity index (χ1n) is 6.61. The molecule has 0 saturated carbocycles. The number of carbonyl (C=O) groups is 1. The Morgan fingerprint density at radius 1 is 1.45 bits per heavy atom. The molecule has 1 amide bonds. The van der Waals surface area contributed by atoms with E-state index in [2.05, 4.69) is 5.32 Å². The molecule has 112 valence electrons. The van der Waals surface area contributed by atoms with Crippen LogP contribution >= 0.6 is 0 Å². The van der Waals surface area contributed by atoms with Gasteiger partial charge in [-0.3, -0.25) is 4.79 Å². The molecule has 4 nitrogen and oxygen atoms in total. The zero-order valence-corrected chi connectivity index (χ0v) is 12.5. The topological polar surface area (TPSA) is 64.3 Å². The lowest BCUT2D eigenvalue weighted by molar-refractivity contribution is -0.126. The third kappa shape index (κ3) is 4.81. The van der Waals surface area contributed by atoms with Crippen LogP contribution in [0.1, 0.15) is 26.3 Å². The van der Waals surface area contributed by atoms with E-state index in [0.717, 1.165) is 5.56 Å². The summed E-state index contributed by atoms with van der Waals surface area (Å²) in [6, 6.07) is 4.68. The van der Waals surface area contributed by atoms with Gasteiger partial charge in [-0.05, 0) is 44.9 Å². The fraction of sp³-hybridized carbons (Fsp3) is 0.533. The van der Waals surface area contributed by atoms with Crippen LogP contribution in [0.2, 0.25) is 0 Å². The van der Waals surface area contributed by atoms with E-state index in [0.29, 0.717) is 6.42 Å². The number of benzene rings is 1. The van der Waals surface area contributed by atoms with E-state index in [-0.39, 0.29) is 29.7 Å². The molecule has 5 heteroatoms. The number of hydrogen-bond donors (Lipinski definition) is 2. The van der Waals surface area contributed by atoms with Crippen LogP contribution in [0.3, 0.4) is 0 Å². The van der Waals surface area contributed by atoms with Crippen LogP contribution in [0, 0.1) is 11.7 Å². The largest absolute Gasteiger partial charge is 0.494 e. The number of amides is 1. The van der Waals surface area contributed by atoms with Gasteiger partial charge in [0.1, 0.15) is 0 Å². The summed E-state index contributed by atoms with van der Waals surface area (Å²) in [5.74, 6) is -0.729. The highest BCUT2D eigenvalue weighted by Gasteiger charge is 2.22. The van der Waals surface area contributed by atoms with Gasteiger partial charge in [0.25, 0.3) is 0 Å². The van der Waals surface area contributed by atoms with E-state index in [1.807, 2.05) is 20.8 Å². The van der Waals surface area contributed by atoms with E-state index in [1.165, 1.54) is 13.2 Å². The van der Waals surface area contributed by atoms with Crippen molar-refractivity contribution in [2.45, 2.75) is 32.7 Å². The third-order valence-corrected chi connectivity index (χ3v) is 2.85. The second-order valence-electron chi connectivity index (χ2n) is 5.84. The standard InChI is InChI=1S/C15H23FN2O2/c1-15(2,3)18-14(19)11(9-17)7-10-5-6-13(20-4)12(16)8-10/h5-6,8,11H,7,9,17H2,1-4H3,(H,18,19). The summed E-state index contributed by atoms with van der Waals surface area (Å²) in [5, 5.41) is 2.89. The normalized spacial score (nSPS) is 12.9. The van der Waals surface area contributed by atoms with Crippen molar-refractivity contribution in [3.05, 3.63) is 29.6 Å². The summed E-state index contributed by atoms with van der Waals surface area (Å²) < 4.78 is 18.5. The number of nitrogens with one attached hydrogen (secondary N) is 1. The maximum Gasteiger partial charge on any atom is 0.225 e. The van der Waals surface area contributed by atoms with Crippen molar-refractivity contribution in [2.24, 2.45) is 11.7 Å². The minimum atomic E-state index is -0.433. The van der Waals surface area contributed by atoms with Crippen LogP contribution < -0.4 is 15.8 Å². The van der Waals surface area contributed by atoms with Gasteiger partial charge in [-0.25, -0.2) is 4.39 Å². The SMILES string of the molecule is COc1ccc(CC(CN)C(=O)NC(C)(C)C)cc1F. The molecule has 0 aliphatic heterocycles. The summed E-state index contributed by atoms with van der Waals surface area (Å²) in [4.78, 5) is 12.1. The first-order valence-corrected chi connectivity index (χ1v) is 6.61. The van der Waals surface area contributed by atoms with Crippen molar-refractivity contribution < 1.29 is 13.9 Å². The quantitative estimate of drug-likeness (QED) is 0.866. The molecule has 0 heterocycles. The van der Waals surface area contributed by atoms with Crippen LogP contribution in [0.15, 0.2) is 18.2 Å². The molecule has 0 aliphatic carbocycles. The van der Waals surface area contributed by atoms with Gasteiger partial charge in [0.15, 0.2) is 11.6 Å². The zero-order valence-electron chi connectivity index (χ0n) is 12.5. The molecule has 0 spiro atoms. The highest BCUT2D eigenvalue weighted by molar-refractivity contribution is 5.79. The molecule has 1 aromatic carbocycles. The van der Waals surface area contributed by atoms with Gasteiger partial charge in [-0.15, -0.1) is 0 Å². The Kier molecular flexibility index (Phi) is 5.51. The Labute approximate surface area is 119 Å². The Bertz CT molecular complexity index is 469. The van der Waals surface area contributed by atoms with Crippen molar-refractivity contribution in [1.29, 1.82) is 0 Å². The summed E-state index contributed by atoms with van der Waals surface area (Å²) in [6.07, 6.45) is 0.402. The van der Waals surface area contributed by atoms with E-state index >= 15 is 0 Å². The fourth-order valence-electron chi connectivity index (χ4n) is 1.88. The number of halogens is 1. The molecule has 1 unspecified atom stereocenters. The smallest absolute Gasteiger partial charge is 0.225 e.